The molecule has 3 N–H and O–H groups in total. The maximum absolute atomic E-state index is 13.8. The number of benzene rings is 2. The van der Waals surface area contributed by atoms with Crippen molar-refractivity contribution in [3.05, 3.63) is 82.0 Å². The van der Waals surface area contributed by atoms with Gasteiger partial charge in [-0.3, -0.25) is 29.2 Å². The highest BCUT2D eigenvalue weighted by Gasteiger charge is 2.40. The molecule has 0 unspecified atom stereocenters. The zero-order chi connectivity index (χ0) is 41.1. The van der Waals surface area contributed by atoms with Crippen molar-refractivity contribution in [3.63, 3.8) is 0 Å². The second kappa shape index (κ2) is 15.6. The molecule has 2 saturated carbocycles. The normalized spacial score (nSPS) is 26.4. The van der Waals surface area contributed by atoms with E-state index in [1.807, 2.05) is 33.0 Å². The topological polar surface area (TPSA) is 166 Å². The molecule has 9 rings (SSSR count). The molecule has 14 nitrogen and oxygen atoms in total. The van der Waals surface area contributed by atoms with Crippen molar-refractivity contribution >= 4 is 39.5 Å². The summed E-state index contributed by atoms with van der Waals surface area (Å²) >= 11 is 0. The average molecular weight is 807 g/mol. The van der Waals surface area contributed by atoms with Gasteiger partial charge in [0, 0.05) is 74.2 Å². The Morgan fingerprint density at radius 3 is 2.58 bits per heavy atom. The highest BCUT2D eigenvalue weighted by atomic mass is 19.1. The fourth-order valence-electron chi connectivity index (χ4n) is 9.49. The van der Waals surface area contributed by atoms with Crippen LogP contribution >= 0.6 is 0 Å². The Balaban J connectivity index is 0.807. The Hall–Kier alpha value is -5.41. The molecular weight excluding hydrogens is 756 g/mol. The fraction of sp³-hybridized carbons (Fsp3) is 0.500. The van der Waals surface area contributed by atoms with Gasteiger partial charge in [0.1, 0.15) is 17.6 Å². The first-order chi connectivity index (χ1) is 28.4. The molecule has 5 heterocycles. The minimum absolute atomic E-state index is 0.0131. The van der Waals surface area contributed by atoms with Crippen molar-refractivity contribution in [1.29, 1.82) is 0 Å². The number of fused-ring (bicyclic) bond motifs is 2. The van der Waals surface area contributed by atoms with Gasteiger partial charge in [0.2, 0.25) is 11.8 Å². The van der Waals surface area contributed by atoms with Crippen LogP contribution in [0, 0.1) is 5.92 Å². The highest BCUT2D eigenvalue weighted by Crippen LogP contribution is 2.38. The van der Waals surface area contributed by atoms with E-state index in [1.54, 1.807) is 41.3 Å². The van der Waals surface area contributed by atoms with E-state index in [2.05, 4.69) is 31.8 Å². The Labute approximate surface area is 340 Å². The smallest absolute Gasteiger partial charge is 0.276 e. The lowest BCUT2D eigenvalue weighted by Gasteiger charge is -2.39. The minimum atomic E-state index is -1.02. The van der Waals surface area contributed by atoms with Crippen LogP contribution in [0.2, 0.25) is 0 Å². The van der Waals surface area contributed by atoms with Crippen LogP contribution < -0.4 is 20.9 Å². The Morgan fingerprint density at radius 2 is 1.85 bits per heavy atom. The number of piperidine rings is 2. The largest absolute Gasteiger partial charge is 0.490 e. The van der Waals surface area contributed by atoms with E-state index in [0.717, 1.165) is 61.7 Å². The van der Waals surface area contributed by atoms with Crippen molar-refractivity contribution in [3.8, 4) is 11.4 Å². The lowest BCUT2D eigenvalue weighted by Crippen LogP contribution is -2.46. The number of aliphatic hydroxyl groups is 1. The third-order valence-corrected chi connectivity index (χ3v) is 12.7. The number of imide groups is 1. The summed E-state index contributed by atoms with van der Waals surface area (Å²) in [6, 6.07) is 12.6. The van der Waals surface area contributed by atoms with E-state index >= 15 is 0 Å². The van der Waals surface area contributed by atoms with Gasteiger partial charge in [0.05, 0.1) is 46.5 Å². The number of likely N-dealkylation sites (tertiary alicyclic amines) is 1. The molecule has 3 aromatic heterocycles. The van der Waals surface area contributed by atoms with Crippen molar-refractivity contribution < 1.29 is 28.6 Å². The van der Waals surface area contributed by atoms with Gasteiger partial charge >= 0.3 is 0 Å². The quantitative estimate of drug-likeness (QED) is 0.168. The number of hydrogen-bond donors (Lipinski definition) is 3. The number of aliphatic hydroxyl groups excluding tert-OH is 1. The lowest BCUT2D eigenvalue weighted by molar-refractivity contribution is -0.134. The van der Waals surface area contributed by atoms with E-state index in [9.17, 15) is 28.7 Å². The Kier molecular flexibility index (Phi) is 10.4. The number of aromatic nitrogens is 5. The van der Waals surface area contributed by atoms with E-state index in [4.69, 9.17) is 4.74 Å². The molecular formula is C44H51FN8O6. The second-order valence-corrected chi connectivity index (χ2v) is 17.3. The second-order valence-electron chi connectivity index (χ2n) is 17.3. The molecule has 0 spiro atoms. The van der Waals surface area contributed by atoms with Crippen LogP contribution in [0.3, 0.4) is 0 Å². The maximum atomic E-state index is 13.8. The van der Waals surface area contributed by atoms with Crippen LogP contribution in [0.5, 0.6) is 5.75 Å². The molecule has 2 aliphatic carbocycles. The number of halogens is 1. The maximum Gasteiger partial charge on any atom is 0.276 e. The summed E-state index contributed by atoms with van der Waals surface area (Å²) in [4.78, 5) is 53.7. The summed E-state index contributed by atoms with van der Waals surface area (Å²) in [5, 5.41) is 28.0. The molecule has 15 heteroatoms. The number of pyridine rings is 1. The fourth-order valence-corrected chi connectivity index (χ4v) is 9.49. The van der Waals surface area contributed by atoms with E-state index in [1.165, 1.54) is 9.25 Å². The SMILES string of the molecule is CC(C)Oc1cc2nn(-c3cccn([C@H]4C[C@H]4F)c3=O)cc2cc1C(=O)NC1CCC(CN2CC[C@@H](c3ccc4c([C@@H]5CCC(=O)NC5=O)nn(C)c4c3)[C@H](O)C2)CC1. The monoisotopic (exact) mass is 806 g/mol. The summed E-state index contributed by atoms with van der Waals surface area (Å²) in [6.07, 6.45) is 7.13. The summed E-state index contributed by atoms with van der Waals surface area (Å²) in [7, 11) is 1.86. The molecule has 0 radical (unpaired) electrons. The van der Waals surface area contributed by atoms with E-state index < -0.39 is 24.2 Å². The number of nitrogens with one attached hydrogen (secondary N) is 2. The van der Waals surface area contributed by atoms with Crippen LogP contribution in [-0.2, 0) is 16.6 Å². The molecule has 310 valence electrons. The number of β-amino-alcohol motifs (C(OH)–C–C–N with tert-alkyl or cyclic N) is 1. The zero-order valence-electron chi connectivity index (χ0n) is 33.6. The highest BCUT2D eigenvalue weighted by molar-refractivity contribution is 6.03. The number of carbonyl (C=O) groups excluding carboxylic acids is 3. The summed E-state index contributed by atoms with van der Waals surface area (Å²) in [5.41, 5.74) is 3.62. The Morgan fingerprint density at radius 1 is 1.05 bits per heavy atom. The van der Waals surface area contributed by atoms with Gasteiger partial charge in [-0.25, -0.2) is 9.07 Å². The molecule has 4 fully saturated rings. The molecule has 2 saturated heterocycles. The number of nitrogens with zero attached hydrogens (tertiary/aromatic N) is 6. The number of hydrogen-bond acceptors (Lipinski definition) is 9. The van der Waals surface area contributed by atoms with Crippen LogP contribution in [0.15, 0.2) is 59.7 Å². The molecule has 59 heavy (non-hydrogen) atoms. The molecule has 3 amide bonds. The van der Waals surface area contributed by atoms with Gasteiger partial charge in [0.15, 0.2) is 0 Å². The summed E-state index contributed by atoms with van der Waals surface area (Å²) in [6.45, 7) is 6.16. The van der Waals surface area contributed by atoms with Gasteiger partial charge in [-0.1, -0.05) is 12.1 Å². The first kappa shape index (κ1) is 39.1. The minimum Gasteiger partial charge on any atom is -0.490 e. The first-order valence-corrected chi connectivity index (χ1v) is 21.0. The third kappa shape index (κ3) is 7.77. The number of alkyl halides is 1. The van der Waals surface area contributed by atoms with E-state index in [0.29, 0.717) is 65.3 Å². The molecule has 4 aliphatic rings. The molecule has 2 aliphatic heterocycles. The first-order valence-electron chi connectivity index (χ1n) is 21.0. The van der Waals surface area contributed by atoms with Gasteiger partial charge in [0.25, 0.3) is 11.5 Å². The number of aryl methyl sites for hydroxylation is 1. The Bertz CT molecular complexity index is 2500. The standard InChI is InChI=1S/C44H51FN8O6/c1-24(2)59-39-20-34-27(22-53(48-34)35-5-4-15-52(44(35)58)37-19-33(37)45)17-32(39)43(57)46-28-9-6-25(7-10-28)21-51-16-14-29(38(54)23-51)26-8-11-30-36(18-26)50(3)49-41(30)31-12-13-40(55)47-42(31)56/h4-5,8,11,15,17-18,20,22,24-25,28-29,31,33,37-38,54H,6-7,9-10,12-14,16,19,21,23H2,1-3H3,(H,46,57)(H,47,55,56)/t25?,28?,29-,31-,33+,37-,38+/m0/s1. The summed E-state index contributed by atoms with van der Waals surface area (Å²) < 4.78 is 24.6. The van der Waals surface area contributed by atoms with Gasteiger partial charge < -0.3 is 24.6 Å². The van der Waals surface area contributed by atoms with Gasteiger partial charge in [-0.05, 0) is 94.7 Å². The predicted octanol–water partition coefficient (Wildman–Crippen LogP) is 4.80. The third-order valence-electron chi connectivity index (χ3n) is 12.7. The van der Waals surface area contributed by atoms with Crippen molar-refractivity contribution in [2.24, 2.45) is 13.0 Å². The van der Waals surface area contributed by atoms with Crippen LogP contribution in [0.4, 0.5) is 4.39 Å². The van der Waals surface area contributed by atoms with Crippen LogP contribution in [0.1, 0.15) is 105 Å². The number of amides is 3. The number of rotatable bonds is 10. The number of carbonyl (C=O) groups is 3. The van der Waals surface area contributed by atoms with Gasteiger partial charge in [-0.2, -0.15) is 10.2 Å². The van der Waals surface area contributed by atoms with Crippen molar-refractivity contribution in [1.82, 2.24) is 39.7 Å². The molecule has 2 aromatic carbocycles. The zero-order valence-corrected chi connectivity index (χ0v) is 33.6. The molecule has 0 bridgehead atoms. The van der Waals surface area contributed by atoms with Crippen molar-refractivity contribution in [2.45, 2.75) is 108 Å². The lowest BCUT2D eigenvalue weighted by atomic mass is 9.83. The van der Waals surface area contributed by atoms with Crippen LogP contribution in [0.25, 0.3) is 27.5 Å². The molecule has 5 atom stereocenters. The molecule has 5 aromatic rings. The number of ether oxygens (including phenoxy) is 1. The van der Waals surface area contributed by atoms with E-state index in [-0.39, 0.29) is 41.3 Å². The summed E-state index contributed by atoms with van der Waals surface area (Å²) in [5.74, 6) is -0.355. The predicted molar refractivity (Wildman–Crippen MR) is 218 cm³/mol. The average Bonchev–Trinajstić information content (AvgIpc) is 3.63. The van der Waals surface area contributed by atoms with Crippen LogP contribution in [-0.4, -0.2) is 95.9 Å². The van der Waals surface area contributed by atoms with Gasteiger partial charge in [-0.15, -0.1) is 0 Å². The van der Waals surface area contributed by atoms with Crippen molar-refractivity contribution in [2.75, 3.05) is 19.6 Å².